The van der Waals surface area contributed by atoms with Gasteiger partial charge in [-0.2, -0.15) is 0 Å². The monoisotopic (exact) mass is 220 g/mol. The van der Waals surface area contributed by atoms with Crippen LogP contribution < -0.4 is 29.6 Å². The van der Waals surface area contributed by atoms with E-state index >= 15 is 0 Å². The van der Waals surface area contributed by atoms with Crippen molar-refractivity contribution >= 4 is 21.2 Å². The predicted molar refractivity (Wildman–Crippen MR) is 44.1 cm³/mol. The molecule has 2 rings (SSSR count). The molecule has 0 saturated carbocycles. The van der Waals surface area contributed by atoms with Crippen molar-refractivity contribution in [1.82, 2.24) is 9.97 Å². The number of para-hydroxylation sites is 2. The minimum absolute atomic E-state index is 0. The number of H-pyrrole nitrogens is 1. The van der Waals surface area contributed by atoms with E-state index in [1.165, 1.54) is 0 Å². The fourth-order valence-electron chi connectivity index (χ4n) is 1.05. The fraction of sp³-hybridized carbons (Fsp3) is 0. The van der Waals surface area contributed by atoms with E-state index in [4.69, 9.17) is 0 Å². The van der Waals surface area contributed by atoms with Gasteiger partial charge in [0.2, 0.25) is 5.16 Å². The number of nitrogens with zero attached hydrogens (tertiary/aromatic N) is 1. The molecule has 0 aliphatic heterocycles. The van der Waals surface area contributed by atoms with Gasteiger partial charge in [-0.3, -0.25) is 0 Å². The molecule has 0 aliphatic rings. The van der Waals surface area contributed by atoms with Crippen molar-refractivity contribution in [2.45, 2.75) is 5.16 Å². The molecule has 1 aromatic carbocycles. The molecular formula is C7H5N2NaO3S. The molecule has 68 valence electrons. The van der Waals surface area contributed by atoms with Crippen LogP contribution in [0.25, 0.3) is 11.0 Å². The van der Waals surface area contributed by atoms with E-state index in [2.05, 4.69) is 9.97 Å². The third kappa shape index (κ3) is 2.15. The van der Waals surface area contributed by atoms with Crippen LogP contribution in [0.15, 0.2) is 29.4 Å². The van der Waals surface area contributed by atoms with Gasteiger partial charge in [0.15, 0.2) is 10.1 Å². The molecule has 5 nitrogen and oxygen atoms in total. The van der Waals surface area contributed by atoms with E-state index in [0.29, 0.717) is 11.0 Å². The predicted octanol–water partition coefficient (Wildman–Crippen LogP) is -2.53. The molecular weight excluding hydrogens is 215 g/mol. The number of imidazole rings is 1. The van der Waals surface area contributed by atoms with Gasteiger partial charge >= 0.3 is 29.6 Å². The Labute approximate surface area is 103 Å². The van der Waals surface area contributed by atoms with Gasteiger partial charge in [0, 0.05) is 0 Å². The van der Waals surface area contributed by atoms with Gasteiger partial charge in [-0.15, -0.1) is 0 Å². The van der Waals surface area contributed by atoms with Gasteiger partial charge in [-0.1, -0.05) is 12.1 Å². The number of hydrogen-bond donors (Lipinski definition) is 1. The number of benzene rings is 1. The van der Waals surface area contributed by atoms with Gasteiger partial charge < -0.3 is 9.54 Å². The van der Waals surface area contributed by atoms with E-state index in [-0.39, 0.29) is 29.6 Å². The standard InChI is InChI=1S/C7H6N2O3S.Na/c10-13(11,12)7-8-5-3-1-2-4-6(5)9-7;/h1-4H,(H,8,9)(H,10,11,12);/q;+1/p-1. The average molecular weight is 220 g/mol. The Morgan fingerprint density at radius 3 is 2.50 bits per heavy atom. The zero-order valence-corrected chi connectivity index (χ0v) is 10.2. The first-order valence-corrected chi connectivity index (χ1v) is 4.89. The van der Waals surface area contributed by atoms with Crippen molar-refractivity contribution in [3.05, 3.63) is 24.3 Å². The summed E-state index contributed by atoms with van der Waals surface area (Å²) in [7, 11) is -4.48. The molecule has 1 N–H and O–H groups in total. The maximum absolute atomic E-state index is 10.6. The number of fused-ring (bicyclic) bond motifs is 1. The van der Waals surface area contributed by atoms with Crippen LogP contribution in [0.5, 0.6) is 0 Å². The molecule has 0 fully saturated rings. The molecule has 1 heterocycles. The zero-order chi connectivity index (χ0) is 9.47. The summed E-state index contributed by atoms with van der Waals surface area (Å²) in [6, 6.07) is 6.71. The van der Waals surface area contributed by atoms with Gasteiger partial charge in [-0.25, -0.2) is 13.4 Å². The summed E-state index contributed by atoms with van der Waals surface area (Å²) < 4.78 is 31.7. The largest absolute Gasteiger partial charge is 1.00 e. The van der Waals surface area contributed by atoms with Gasteiger partial charge in [0.05, 0.1) is 11.0 Å². The number of aromatic nitrogens is 2. The molecule has 0 spiro atoms. The topological polar surface area (TPSA) is 85.9 Å². The summed E-state index contributed by atoms with van der Waals surface area (Å²) in [4.78, 5) is 6.05. The van der Waals surface area contributed by atoms with Crippen LogP contribution in [0.1, 0.15) is 0 Å². The van der Waals surface area contributed by atoms with Crippen molar-refractivity contribution in [2.24, 2.45) is 0 Å². The molecule has 0 radical (unpaired) electrons. The summed E-state index contributed by atoms with van der Waals surface area (Å²) in [6.45, 7) is 0. The average Bonchev–Trinajstić information content (AvgIpc) is 2.45. The van der Waals surface area contributed by atoms with Crippen LogP contribution in [0.2, 0.25) is 0 Å². The van der Waals surface area contributed by atoms with Crippen molar-refractivity contribution in [1.29, 1.82) is 0 Å². The van der Waals surface area contributed by atoms with E-state index < -0.39 is 15.3 Å². The Morgan fingerprint density at radius 2 is 1.93 bits per heavy atom. The van der Waals surface area contributed by atoms with Crippen LogP contribution in [0.4, 0.5) is 0 Å². The summed E-state index contributed by atoms with van der Waals surface area (Å²) >= 11 is 0. The first-order valence-electron chi connectivity index (χ1n) is 3.48. The van der Waals surface area contributed by atoms with Crippen LogP contribution in [0, 0.1) is 0 Å². The number of hydrogen-bond acceptors (Lipinski definition) is 4. The van der Waals surface area contributed by atoms with Crippen LogP contribution >= 0.6 is 0 Å². The molecule has 1 aromatic heterocycles. The summed E-state index contributed by atoms with van der Waals surface area (Å²) in [5.74, 6) is 0. The van der Waals surface area contributed by atoms with Crippen molar-refractivity contribution in [3.63, 3.8) is 0 Å². The molecule has 0 aliphatic carbocycles. The first kappa shape index (κ1) is 11.7. The Kier molecular flexibility index (Phi) is 3.33. The molecule has 0 saturated heterocycles. The minimum Gasteiger partial charge on any atom is -0.742 e. The maximum atomic E-state index is 10.6. The summed E-state index contributed by atoms with van der Waals surface area (Å²) in [6.07, 6.45) is 0. The van der Waals surface area contributed by atoms with Crippen molar-refractivity contribution in [3.8, 4) is 0 Å². The maximum Gasteiger partial charge on any atom is 1.00 e. The van der Waals surface area contributed by atoms with E-state index in [1.54, 1.807) is 24.3 Å². The summed E-state index contributed by atoms with van der Waals surface area (Å²) in [5.41, 5.74) is 1.01. The molecule has 0 atom stereocenters. The Morgan fingerprint density at radius 1 is 1.29 bits per heavy atom. The van der Waals surface area contributed by atoms with Crippen LogP contribution in [-0.4, -0.2) is 22.9 Å². The normalized spacial score (nSPS) is 11.2. The number of aromatic amines is 1. The second kappa shape index (κ2) is 4.00. The molecule has 0 unspecified atom stereocenters. The quantitative estimate of drug-likeness (QED) is 0.424. The van der Waals surface area contributed by atoms with E-state index in [9.17, 15) is 13.0 Å². The third-order valence-electron chi connectivity index (χ3n) is 1.60. The van der Waals surface area contributed by atoms with Gasteiger partial charge in [0.25, 0.3) is 0 Å². The van der Waals surface area contributed by atoms with Gasteiger partial charge in [-0.05, 0) is 12.1 Å². The SMILES string of the molecule is O=S(=O)([O-])c1nc2ccccc2[nH]1.[Na+]. The fourth-order valence-corrected chi connectivity index (χ4v) is 1.49. The molecule has 0 bridgehead atoms. The first-order chi connectivity index (χ1) is 6.07. The zero-order valence-electron chi connectivity index (χ0n) is 7.39. The number of rotatable bonds is 1. The van der Waals surface area contributed by atoms with Crippen LogP contribution in [0.3, 0.4) is 0 Å². The van der Waals surface area contributed by atoms with E-state index in [1.807, 2.05) is 0 Å². The molecule has 14 heavy (non-hydrogen) atoms. The second-order valence-corrected chi connectivity index (χ2v) is 3.81. The third-order valence-corrected chi connectivity index (χ3v) is 2.27. The van der Waals surface area contributed by atoms with Crippen LogP contribution in [-0.2, 0) is 10.1 Å². The molecule has 2 aromatic rings. The number of nitrogens with one attached hydrogen (secondary N) is 1. The Hall–Kier alpha value is -0.400. The second-order valence-electron chi connectivity index (χ2n) is 2.51. The molecule has 0 amide bonds. The molecule has 7 heteroatoms. The van der Waals surface area contributed by atoms with Crippen molar-refractivity contribution in [2.75, 3.05) is 0 Å². The van der Waals surface area contributed by atoms with Crippen molar-refractivity contribution < 1.29 is 42.5 Å². The van der Waals surface area contributed by atoms with Gasteiger partial charge in [0.1, 0.15) is 0 Å². The summed E-state index contributed by atoms with van der Waals surface area (Å²) in [5, 5.41) is -0.534. The van der Waals surface area contributed by atoms with E-state index in [0.717, 1.165) is 0 Å². The smallest absolute Gasteiger partial charge is 0.742 e. The minimum atomic E-state index is -4.48. The Balaban J connectivity index is 0.000000980. The Bertz CT molecular complexity index is 516.